The summed E-state index contributed by atoms with van der Waals surface area (Å²) in [5.41, 5.74) is 0. The second-order valence-corrected chi connectivity index (χ2v) is 8.24. The molecule has 0 radical (unpaired) electrons. The van der Waals surface area contributed by atoms with Gasteiger partial charge in [-0.25, -0.2) is 0 Å². The number of carbonyl (C=O) groups excluding carboxylic acids is 3. The minimum Gasteiger partial charge on any atom is -0.481 e. The molecule has 136 valence electrons. The van der Waals surface area contributed by atoms with Crippen LogP contribution in [0.1, 0.15) is 20.3 Å². The van der Waals surface area contributed by atoms with Gasteiger partial charge in [-0.3, -0.25) is 24.5 Å². The molecule has 0 spiro atoms. The molecule has 7 heteroatoms. The maximum atomic E-state index is 12.5. The van der Waals surface area contributed by atoms with Crippen molar-refractivity contribution < 1.29 is 29.0 Å². The maximum absolute atomic E-state index is 12.5. The fourth-order valence-corrected chi connectivity index (χ4v) is 6.53. The Morgan fingerprint density at radius 3 is 2.16 bits per heavy atom. The van der Waals surface area contributed by atoms with Crippen molar-refractivity contribution in [2.75, 3.05) is 7.11 Å². The fraction of sp³-hybridized carbons (Fsp3) is 0.778. The quantitative estimate of drug-likeness (QED) is 0.553. The Morgan fingerprint density at radius 2 is 1.80 bits per heavy atom. The second kappa shape index (κ2) is 5.29. The highest BCUT2D eigenvalue weighted by Crippen LogP contribution is 2.77. The average Bonchev–Trinajstić information content (AvgIpc) is 2.76. The summed E-state index contributed by atoms with van der Waals surface area (Å²) in [5, 5.41) is 12.2. The minimum atomic E-state index is -1.12. The van der Waals surface area contributed by atoms with E-state index in [1.807, 2.05) is 0 Å². The molecule has 1 aliphatic heterocycles. The van der Waals surface area contributed by atoms with Gasteiger partial charge in [-0.2, -0.15) is 0 Å². The lowest BCUT2D eigenvalue weighted by molar-refractivity contribution is -0.163. The highest BCUT2D eigenvalue weighted by Gasteiger charge is 2.75. The van der Waals surface area contributed by atoms with Gasteiger partial charge in [0, 0.05) is 5.92 Å². The Hall–Kier alpha value is -1.92. The number of carboxylic acids is 1. The summed E-state index contributed by atoms with van der Waals surface area (Å²) >= 11 is 0. The number of esters is 1. The molecule has 0 aromatic carbocycles. The van der Waals surface area contributed by atoms with Crippen LogP contribution in [0, 0.1) is 59.2 Å². The molecule has 7 nitrogen and oxygen atoms in total. The lowest BCUT2D eigenvalue weighted by Gasteiger charge is -2.33. The second-order valence-electron chi connectivity index (χ2n) is 8.24. The zero-order chi connectivity index (χ0) is 18.2. The molecular formula is C18H23NO6. The molecular weight excluding hydrogens is 326 g/mol. The number of imide groups is 1. The van der Waals surface area contributed by atoms with Crippen LogP contribution in [0.2, 0.25) is 0 Å². The number of nitrogens with one attached hydrogen (secondary N) is 1. The molecule has 5 aliphatic rings. The third-order valence-corrected chi connectivity index (χ3v) is 7.51. The van der Waals surface area contributed by atoms with Crippen molar-refractivity contribution in [2.24, 2.45) is 59.2 Å². The molecule has 25 heavy (non-hydrogen) atoms. The summed E-state index contributed by atoms with van der Waals surface area (Å²) in [7, 11) is 1.20. The standard InChI is InChI=1S/C18H23NO6/c1-5-7-4-8-9(5)12(8)11(7)13(17(22)23)14(18(24)25-3)10-6(2)15(20)19-16(10)21/h5-14H,4H2,1-3H3,(H,22,23)(H,19,20,21). The number of aliphatic carboxylic acids is 1. The first kappa shape index (κ1) is 16.5. The Kier molecular flexibility index (Phi) is 3.50. The SMILES string of the molecule is COC(=O)C(C1C(=O)NC(=O)C1C)C(C(=O)O)C1C2CC3C(C2C)C31. The van der Waals surface area contributed by atoms with Gasteiger partial charge in [0.2, 0.25) is 11.8 Å². The van der Waals surface area contributed by atoms with Crippen molar-refractivity contribution in [3.8, 4) is 0 Å². The van der Waals surface area contributed by atoms with E-state index in [1.165, 1.54) is 7.11 Å². The predicted molar refractivity (Wildman–Crippen MR) is 83.7 cm³/mol. The zero-order valence-corrected chi connectivity index (χ0v) is 14.5. The van der Waals surface area contributed by atoms with E-state index >= 15 is 0 Å². The van der Waals surface area contributed by atoms with Crippen LogP contribution in [0.25, 0.3) is 0 Å². The molecule has 5 rings (SSSR count). The highest BCUT2D eigenvalue weighted by molar-refractivity contribution is 6.06. The number of hydrogen-bond donors (Lipinski definition) is 2. The number of carbonyl (C=O) groups is 4. The number of ether oxygens (including phenoxy) is 1. The van der Waals surface area contributed by atoms with E-state index in [2.05, 4.69) is 12.2 Å². The third kappa shape index (κ3) is 2.04. The molecule has 10 unspecified atom stereocenters. The molecule has 4 bridgehead atoms. The normalized spacial score (nSPS) is 45.9. The molecule has 0 aromatic rings. The van der Waals surface area contributed by atoms with E-state index in [4.69, 9.17) is 4.74 Å². The molecule has 1 heterocycles. The number of hydrogen-bond acceptors (Lipinski definition) is 5. The van der Waals surface area contributed by atoms with Crippen molar-refractivity contribution in [2.45, 2.75) is 20.3 Å². The van der Waals surface area contributed by atoms with Crippen LogP contribution in [-0.4, -0.2) is 36.0 Å². The largest absolute Gasteiger partial charge is 0.481 e. The molecule has 2 amide bonds. The summed E-state index contributed by atoms with van der Waals surface area (Å²) < 4.78 is 4.88. The maximum Gasteiger partial charge on any atom is 0.310 e. The summed E-state index contributed by atoms with van der Waals surface area (Å²) in [6, 6.07) is 0. The van der Waals surface area contributed by atoms with Crippen LogP contribution in [0.5, 0.6) is 0 Å². The van der Waals surface area contributed by atoms with Gasteiger partial charge in [-0.15, -0.1) is 0 Å². The van der Waals surface area contributed by atoms with Gasteiger partial charge in [-0.1, -0.05) is 13.8 Å². The minimum absolute atomic E-state index is 0.109. The van der Waals surface area contributed by atoms with Gasteiger partial charge in [0.1, 0.15) is 0 Å². The van der Waals surface area contributed by atoms with Crippen LogP contribution in [-0.2, 0) is 23.9 Å². The van der Waals surface area contributed by atoms with E-state index in [1.54, 1.807) is 6.92 Å². The van der Waals surface area contributed by atoms with Crippen molar-refractivity contribution in [3.05, 3.63) is 0 Å². The van der Waals surface area contributed by atoms with E-state index in [-0.39, 0.29) is 11.8 Å². The van der Waals surface area contributed by atoms with Crippen LogP contribution >= 0.6 is 0 Å². The molecule has 5 fully saturated rings. The predicted octanol–water partition coefficient (Wildman–Crippen LogP) is 0.533. The smallest absolute Gasteiger partial charge is 0.310 e. The van der Waals surface area contributed by atoms with Gasteiger partial charge in [0.25, 0.3) is 0 Å². The molecule has 4 saturated carbocycles. The third-order valence-electron chi connectivity index (χ3n) is 7.51. The summed E-state index contributed by atoms with van der Waals surface area (Å²) in [5.74, 6) is -4.50. The fourth-order valence-electron chi connectivity index (χ4n) is 6.53. The van der Waals surface area contributed by atoms with Gasteiger partial charge in [0.15, 0.2) is 0 Å². The Morgan fingerprint density at radius 1 is 1.12 bits per heavy atom. The van der Waals surface area contributed by atoms with E-state index in [9.17, 15) is 24.3 Å². The average molecular weight is 349 g/mol. The van der Waals surface area contributed by atoms with Gasteiger partial charge >= 0.3 is 11.9 Å². The van der Waals surface area contributed by atoms with E-state index < -0.39 is 47.4 Å². The number of methoxy groups -OCH3 is 1. The first-order chi connectivity index (χ1) is 11.8. The Balaban J connectivity index is 1.72. The van der Waals surface area contributed by atoms with Crippen molar-refractivity contribution in [3.63, 3.8) is 0 Å². The van der Waals surface area contributed by atoms with Crippen LogP contribution in [0.4, 0.5) is 0 Å². The van der Waals surface area contributed by atoms with Gasteiger partial charge < -0.3 is 9.84 Å². The number of carboxylic acid groups (broad SMARTS) is 1. The Bertz CT molecular complexity index is 674. The monoisotopic (exact) mass is 349 g/mol. The number of amides is 2. The first-order valence-corrected chi connectivity index (χ1v) is 8.95. The van der Waals surface area contributed by atoms with E-state index in [0.717, 1.165) is 6.42 Å². The summed E-state index contributed by atoms with van der Waals surface area (Å²) in [6.07, 6.45) is 1.02. The van der Waals surface area contributed by atoms with E-state index in [0.29, 0.717) is 23.7 Å². The van der Waals surface area contributed by atoms with Crippen LogP contribution < -0.4 is 5.32 Å². The van der Waals surface area contributed by atoms with Gasteiger partial charge in [-0.05, 0) is 41.9 Å². The summed E-state index contributed by atoms with van der Waals surface area (Å²) in [6.45, 7) is 3.73. The van der Waals surface area contributed by atoms with Gasteiger partial charge in [0.05, 0.1) is 24.9 Å². The van der Waals surface area contributed by atoms with Crippen molar-refractivity contribution in [1.29, 1.82) is 0 Å². The summed E-state index contributed by atoms with van der Waals surface area (Å²) in [4.78, 5) is 49.0. The zero-order valence-electron chi connectivity index (χ0n) is 14.5. The van der Waals surface area contributed by atoms with Crippen molar-refractivity contribution >= 4 is 23.8 Å². The number of rotatable bonds is 5. The van der Waals surface area contributed by atoms with Crippen molar-refractivity contribution in [1.82, 2.24) is 5.32 Å². The first-order valence-electron chi connectivity index (χ1n) is 8.95. The molecule has 4 aliphatic carbocycles. The molecule has 2 N–H and O–H groups in total. The molecule has 0 aromatic heterocycles. The highest BCUT2D eigenvalue weighted by atomic mass is 16.5. The van der Waals surface area contributed by atoms with Crippen LogP contribution in [0.3, 0.4) is 0 Å². The Labute approximate surface area is 145 Å². The van der Waals surface area contributed by atoms with Crippen LogP contribution in [0.15, 0.2) is 0 Å². The molecule has 1 saturated heterocycles. The lowest BCUT2D eigenvalue weighted by atomic mass is 9.68. The molecule has 10 atom stereocenters. The lowest BCUT2D eigenvalue weighted by Crippen LogP contribution is -2.45. The topological polar surface area (TPSA) is 110 Å².